The molecule has 1 aromatic heterocycles. The molecule has 0 radical (unpaired) electrons. The standard InChI is InChI=1S/C34H51N5O7/c1-8-9-16-28(31(42)43)39(29(40)25(35)18-23-20-37(33(45)46-7)27-17-11-10-15-24(23)27)30(41)26(19-34(4,5)6)36-32(44)38-21(2)13-12-14-22(38)3/h10-11,15,17,20-22,25-26,28H,8-9,12-14,16,18-19,35H2,1-7H3,(H,36,44)(H,42,43). The number of carbonyl (C=O) groups excluding carboxylic acids is 4. The highest BCUT2D eigenvalue weighted by Crippen LogP contribution is 2.27. The number of likely N-dealkylation sites (tertiary alicyclic amines) is 1. The Morgan fingerprint density at radius 2 is 1.72 bits per heavy atom. The van der Waals surface area contributed by atoms with Gasteiger partial charge in [0.2, 0.25) is 5.91 Å². The van der Waals surface area contributed by atoms with Gasteiger partial charge in [0.25, 0.3) is 5.91 Å². The SMILES string of the molecule is CCCCC(C(=O)O)N(C(=O)C(N)Cc1cn(C(=O)OC)c2ccccc12)C(=O)C(CC(C)(C)C)NC(=O)N1C(C)CCCC1C. The highest BCUT2D eigenvalue weighted by molar-refractivity contribution is 6.04. The molecule has 0 bridgehead atoms. The molecule has 0 spiro atoms. The highest BCUT2D eigenvalue weighted by Gasteiger charge is 2.42. The number of carboxylic acid groups (broad SMARTS) is 1. The summed E-state index contributed by atoms with van der Waals surface area (Å²) in [6.07, 6.45) is 4.79. The molecule has 4 amide bonds. The lowest BCUT2D eigenvalue weighted by atomic mass is 9.87. The van der Waals surface area contributed by atoms with Gasteiger partial charge in [0.15, 0.2) is 0 Å². The summed E-state index contributed by atoms with van der Waals surface area (Å²) in [5.41, 5.74) is 7.14. The van der Waals surface area contributed by atoms with Crippen molar-refractivity contribution >= 4 is 40.8 Å². The molecule has 1 aromatic carbocycles. The van der Waals surface area contributed by atoms with Gasteiger partial charge in [-0.2, -0.15) is 0 Å². The number of hydrogen-bond acceptors (Lipinski definition) is 7. The van der Waals surface area contributed by atoms with Gasteiger partial charge < -0.3 is 25.8 Å². The number of ether oxygens (including phenoxy) is 1. The van der Waals surface area contributed by atoms with E-state index in [1.54, 1.807) is 29.2 Å². The number of aromatic nitrogens is 1. The molecule has 12 nitrogen and oxygen atoms in total. The predicted octanol–water partition coefficient (Wildman–Crippen LogP) is 4.90. The van der Waals surface area contributed by atoms with Crippen molar-refractivity contribution in [2.45, 2.75) is 123 Å². The lowest BCUT2D eigenvalue weighted by Gasteiger charge is -2.41. The lowest BCUT2D eigenvalue weighted by Crippen LogP contribution is -2.62. The number of urea groups is 1. The van der Waals surface area contributed by atoms with Crippen LogP contribution < -0.4 is 11.1 Å². The summed E-state index contributed by atoms with van der Waals surface area (Å²) < 4.78 is 6.21. The zero-order valence-corrected chi connectivity index (χ0v) is 28.2. The van der Waals surface area contributed by atoms with Gasteiger partial charge in [0, 0.05) is 23.7 Å². The number of nitrogens with two attached hydrogens (primary N) is 1. The van der Waals surface area contributed by atoms with E-state index in [9.17, 15) is 29.1 Å². The first kappa shape index (κ1) is 36.5. The fraction of sp³-hybridized carbons (Fsp3) is 0.618. The van der Waals surface area contributed by atoms with E-state index in [1.165, 1.54) is 17.9 Å². The maximum atomic E-state index is 14.4. The first-order valence-corrected chi connectivity index (χ1v) is 16.2. The number of carbonyl (C=O) groups is 5. The maximum absolute atomic E-state index is 14.4. The van der Waals surface area contributed by atoms with Crippen LogP contribution in [0.25, 0.3) is 10.9 Å². The smallest absolute Gasteiger partial charge is 0.418 e. The summed E-state index contributed by atoms with van der Waals surface area (Å²) in [6, 6.07) is 2.59. The Morgan fingerprint density at radius 1 is 1.09 bits per heavy atom. The number of benzene rings is 1. The van der Waals surface area contributed by atoms with E-state index >= 15 is 0 Å². The number of para-hydroxylation sites is 1. The van der Waals surface area contributed by atoms with E-state index in [1.807, 2.05) is 41.5 Å². The van der Waals surface area contributed by atoms with Gasteiger partial charge in [0.1, 0.15) is 12.1 Å². The first-order chi connectivity index (χ1) is 21.6. The molecule has 2 heterocycles. The molecule has 2 aromatic rings. The Labute approximate surface area is 271 Å². The van der Waals surface area contributed by atoms with Crippen molar-refractivity contribution in [2.24, 2.45) is 11.1 Å². The van der Waals surface area contributed by atoms with Gasteiger partial charge >= 0.3 is 18.1 Å². The third kappa shape index (κ3) is 8.65. The number of fused-ring (bicyclic) bond motifs is 1. The maximum Gasteiger partial charge on any atom is 0.418 e. The summed E-state index contributed by atoms with van der Waals surface area (Å²) in [5.74, 6) is -3.00. The Bertz CT molecular complexity index is 1400. The van der Waals surface area contributed by atoms with Crippen LogP contribution in [0.1, 0.15) is 92.1 Å². The lowest BCUT2D eigenvalue weighted by molar-refractivity contribution is -0.160. The van der Waals surface area contributed by atoms with Crippen molar-refractivity contribution in [2.75, 3.05) is 7.11 Å². The van der Waals surface area contributed by atoms with Gasteiger partial charge in [-0.05, 0) is 69.4 Å². The third-order valence-corrected chi connectivity index (χ3v) is 8.67. The molecular formula is C34H51N5O7. The molecule has 254 valence electrons. The van der Waals surface area contributed by atoms with Crippen molar-refractivity contribution in [1.82, 2.24) is 19.7 Å². The molecule has 3 rings (SSSR count). The monoisotopic (exact) mass is 641 g/mol. The minimum Gasteiger partial charge on any atom is -0.480 e. The largest absolute Gasteiger partial charge is 0.480 e. The summed E-state index contributed by atoms with van der Waals surface area (Å²) in [4.78, 5) is 69.9. The van der Waals surface area contributed by atoms with E-state index in [2.05, 4.69) is 5.32 Å². The zero-order chi connectivity index (χ0) is 34.3. The number of nitrogens with one attached hydrogen (secondary N) is 1. The summed E-state index contributed by atoms with van der Waals surface area (Å²) >= 11 is 0. The van der Waals surface area contributed by atoms with Crippen LogP contribution in [0, 0.1) is 5.41 Å². The average Bonchev–Trinajstić information content (AvgIpc) is 3.35. The third-order valence-electron chi connectivity index (χ3n) is 8.67. The number of unbranched alkanes of at least 4 members (excludes halogenated alkanes) is 1. The molecular weight excluding hydrogens is 590 g/mol. The Balaban J connectivity index is 2.02. The number of methoxy groups -OCH3 is 1. The molecule has 4 N–H and O–H groups in total. The molecule has 1 aliphatic heterocycles. The van der Waals surface area contributed by atoms with Gasteiger partial charge in [-0.1, -0.05) is 58.7 Å². The fourth-order valence-electron chi connectivity index (χ4n) is 6.37. The van der Waals surface area contributed by atoms with Crippen LogP contribution >= 0.6 is 0 Å². The fourth-order valence-corrected chi connectivity index (χ4v) is 6.37. The molecule has 1 aliphatic rings. The number of rotatable bonds is 11. The van der Waals surface area contributed by atoms with E-state index in [-0.39, 0.29) is 31.3 Å². The quantitative estimate of drug-likeness (QED) is 0.312. The summed E-state index contributed by atoms with van der Waals surface area (Å²) in [6.45, 7) is 11.5. The van der Waals surface area contributed by atoms with Gasteiger partial charge in [-0.15, -0.1) is 0 Å². The first-order valence-electron chi connectivity index (χ1n) is 16.2. The van der Waals surface area contributed by atoms with Crippen molar-refractivity contribution in [3.05, 3.63) is 36.0 Å². The van der Waals surface area contributed by atoms with Gasteiger partial charge in [-0.25, -0.2) is 14.4 Å². The second kappa shape index (κ2) is 15.6. The minimum atomic E-state index is -1.48. The van der Waals surface area contributed by atoms with Crippen LogP contribution in [0.2, 0.25) is 0 Å². The number of amides is 4. The molecule has 12 heteroatoms. The van der Waals surface area contributed by atoms with Crippen molar-refractivity contribution < 1.29 is 33.8 Å². The molecule has 5 unspecified atom stereocenters. The predicted molar refractivity (Wildman–Crippen MR) is 175 cm³/mol. The van der Waals surface area contributed by atoms with E-state index in [4.69, 9.17) is 10.5 Å². The number of aliphatic carboxylic acids is 1. The normalized spacial score (nSPS) is 18.8. The molecule has 46 heavy (non-hydrogen) atoms. The second-order valence-electron chi connectivity index (χ2n) is 13.7. The van der Waals surface area contributed by atoms with Crippen LogP contribution in [0.5, 0.6) is 0 Å². The molecule has 5 atom stereocenters. The highest BCUT2D eigenvalue weighted by atomic mass is 16.5. The molecule has 0 aliphatic carbocycles. The van der Waals surface area contributed by atoms with E-state index in [0.717, 1.165) is 24.2 Å². The Hall–Kier alpha value is -3.93. The van der Waals surface area contributed by atoms with E-state index in [0.29, 0.717) is 29.3 Å². The molecule has 1 saturated heterocycles. The van der Waals surface area contributed by atoms with Crippen LogP contribution in [0.3, 0.4) is 0 Å². The summed E-state index contributed by atoms with van der Waals surface area (Å²) in [5, 5.41) is 13.8. The van der Waals surface area contributed by atoms with Crippen LogP contribution in [-0.4, -0.2) is 86.7 Å². The zero-order valence-electron chi connectivity index (χ0n) is 28.2. The van der Waals surface area contributed by atoms with Gasteiger partial charge in [-0.3, -0.25) is 19.1 Å². The Morgan fingerprint density at radius 3 is 2.28 bits per heavy atom. The Kier molecular flexibility index (Phi) is 12.4. The number of hydrogen-bond donors (Lipinski definition) is 3. The molecule has 1 fully saturated rings. The second-order valence-corrected chi connectivity index (χ2v) is 13.7. The van der Waals surface area contributed by atoms with E-state index < -0.39 is 53.4 Å². The number of imide groups is 1. The summed E-state index contributed by atoms with van der Waals surface area (Å²) in [7, 11) is 1.26. The van der Waals surface area contributed by atoms with Crippen LogP contribution in [-0.2, 0) is 25.5 Å². The topological polar surface area (TPSA) is 164 Å². The van der Waals surface area contributed by atoms with Crippen LogP contribution in [0.4, 0.5) is 9.59 Å². The van der Waals surface area contributed by atoms with Crippen LogP contribution in [0.15, 0.2) is 30.5 Å². The number of nitrogens with zero attached hydrogens (tertiary/aromatic N) is 3. The van der Waals surface area contributed by atoms with Crippen molar-refractivity contribution in [3.8, 4) is 0 Å². The van der Waals surface area contributed by atoms with Crippen molar-refractivity contribution in [3.63, 3.8) is 0 Å². The van der Waals surface area contributed by atoms with Gasteiger partial charge in [0.05, 0.1) is 18.7 Å². The number of carboxylic acids is 1. The molecule has 0 saturated carbocycles. The number of piperidine rings is 1. The minimum absolute atomic E-state index is 0.0358. The average molecular weight is 642 g/mol. The van der Waals surface area contributed by atoms with Crippen molar-refractivity contribution in [1.29, 1.82) is 0 Å².